The number of benzene rings is 1. The van der Waals surface area contributed by atoms with Gasteiger partial charge in [-0.25, -0.2) is 4.68 Å². The molecule has 8 heteroatoms. The van der Waals surface area contributed by atoms with Crippen LogP contribution in [0.1, 0.15) is 30.3 Å². The largest absolute Gasteiger partial charge is 0.377 e. The van der Waals surface area contributed by atoms with E-state index in [1.54, 1.807) is 7.05 Å². The van der Waals surface area contributed by atoms with Crippen LogP contribution in [0, 0.1) is 13.8 Å². The molecule has 0 fully saturated rings. The monoisotopic (exact) mass is 528 g/mol. The highest BCUT2D eigenvalue weighted by molar-refractivity contribution is 14.0. The number of ether oxygens (including phenoxy) is 1. The van der Waals surface area contributed by atoms with Gasteiger partial charge < -0.3 is 20.3 Å². The van der Waals surface area contributed by atoms with Crippen molar-refractivity contribution < 1.29 is 4.74 Å². The van der Waals surface area contributed by atoms with Gasteiger partial charge in [0.25, 0.3) is 0 Å². The molecule has 2 N–H and O–H groups in total. The van der Waals surface area contributed by atoms with Gasteiger partial charge in [0.15, 0.2) is 5.96 Å². The fourth-order valence-corrected chi connectivity index (χ4v) is 3.23. The second-order valence-corrected chi connectivity index (χ2v) is 7.44. The fourth-order valence-electron chi connectivity index (χ4n) is 3.23. The Morgan fingerprint density at radius 2 is 1.97 bits per heavy atom. The predicted molar refractivity (Wildman–Crippen MR) is 135 cm³/mol. The first-order valence-corrected chi connectivity index (χ1v) is 10.3. The molecule has 0 saturated carbocycles. The van der Waals surface area contributed by atoms with Gasteiger partial charge in [-0.2, -0.15) is 5.10 Å². The van der Waals surface area contributed by atoms with Gasteiger partial charge in [0.2, 0.25) is 0 Å². The average Bonchev–Trinajstić information content (AvgIpc) is 3.04. The van der Waals surface area contributed by atoms with Gasteiger partial charge >= 0.3 is 0 Å². The van der Waals surface area contributed by atoms with Gasteiger partial charge in [-0.05, 0) is 59.0 Å². The van der Waals surface area contributed by atoms with Crippen molar-refractivity contribution in [2.24, 2.45) is 4.99 Å². The number of nitrogens with one attached hydrogen (secondary N) is 2. The summed E-state index contributed by atoms with van der Waals surface area (Å²) in [5.74, 6) is 0.766. The van der Waals surface area contributed by atoms with Gasteiger partial charge in [0.05, 0.1) is 17.5 Å². The number of rotatable bonds is 10. The van der Waals surface area contributed by atoms with Gasteiger partial charge in [-0.15, -0.1) is 24.0 Å². The molecule has 0 aliphatic heterocycles. The number of aryl methyl sites for hydroxylation is 2. The molecule has 2 rings (SSSR count). The highest BCUT2D eigenvalue weighted by Gasteiger charge is 2.12. The van der Waals surface area contributed by atoms with Crippen LogP contribution in [0.5, 0.6) is 0 Å². The lowest BCUT2D eigenvalue weighted by molar-refractivity contribution is 0.0548. The zero-order valence-corrected chi connectivity index (χ0v) is 21.4. The van der Waals surface area contributed by atoms with E-state index in [0.29, 0.717) is 13.2 Å². The van der Waals surface area contributed by atoms with Gasteiger partial charge in [-0.3, -0.25) is 4.99 Å². The average molecular weight is 528 g/mol. The smallest absolute Gasteiger partial charge is 0.191 e. The third-order valence-corrected chi connectivity index (χ3v) is 4.70. The molecule has 1 heterocycles. The van der Waals surface area contributed by atoms with Crippen LogP contribution in [-0.2, 0) is 11.3 Å². The Balaban J connectivity index is 0.00000450. The summed E-state index contributed by atoms with van der Waals surface area (Å²) in [5, 5.41) is 11.4. The summed E-state index contributed by atoms with van der Waals surface area (Å²) in [6, 6.07) is 10.4. The predicted octanol–water partition coefficient (Wildman–Crippen LogP) is 3.13. The third kappa shape index (κ3) is 8.23. The number of guanidine groups is 1. The highest BCUT2D eigenvalue weighted by atomic mass is 127. The van der Waals surface area contributed by atoms with Crippen molar-refractivity contribution in [3.63, 3.8) is 0 Å². The zero-order chi connectivity index (χ0) is 21.2. The van der Waals surface area contributed by atoms with Crippen molar-refractivity contribution in [3.8, 4) is 5.69 Å². The second-order valence-electron chi connectivity index (χ2n) is 7.44. The Hall–Kier alpha value is -1.65. The van der Waals surface area contributed by atoms with E-state index >= 15 is 0 Å². The molecule has 1 aromatic carbocycles. The first kappa shape index (κ1) is 26.4. The number of hydrogen-bond acceptors (Lipinski definition) is 4. The molecule has 2 aromatic rings. The SMILES string of the molecule is CCOC(CCN(C)C)CNC(=NC)NCc1ccccc1-n1nc(C)cc1C.I. The maximum Gasteiger partial charge on any atom is 0.191 e. The van der Waals surface area contributed by atoms with Gasteiger partial charge in [0.1, 0.15) is 0 Å². The summed E-state index contributed by atoms with van der Waals surface area (Å²) < 4.78 is 7.85. The molecule has 0 aliphatic carbocycles. The Bertz CT molecular complexity index is 790. The minimum atomic E-state index is 0. The van der Waals surface area contributed by atoms with Crippen molar-refractivity contribution in [3.05, 3.63) is 47.3 Å². The fraction of sp³-hybridized carbons (Fsp3) is 0.545. The Morgan fingerprint density at radius 3 is 2.57 bits per heavy atom. The molecule has 0 bridgehead atoms. The molecule has 0 radical (unpaired) electrons. The zero-order valence-electron chi connectivity index (χ0n) is 19.1. The quantitative estimate of drug-likeness (QED) is 0.282. The van der Waals surface area contributed by atoms with Crippen molar-refractivity contribution in [2.45, 2.75) is 39.8 Å². The minimum Gasteiger partial charge on any atom is -0.377 e. The molecule has 0 saturated heterocycles. The van der Waals surface area contributed by atoms with Crippen LogP contribution >= 0.6 is 24.0 Å². The number of para-hydroxylation sites is 1. The Morgan fingerprint density at radius 1 is 1.23 bits per heavy atom. The van der Waals surface area contributed by atoms with Crippen LogP contribution in [0.25, 0.3) is 5.69 Å². The summed E-state index contributed by atoms with van der Waals surface area (Å²) in [6.07, 6.45) is 1.13. The second kappa shape index (κ2) is 13.6. The van der Waals surface area contributed by atoms with E-state index < -0.39 is 0 Å². The summed E-state index contributed by atoms with van der Waals surface area (Å²) >= 11 is 0. The number of aliphatic imine (C=N–C) groups is 1. The maximum atomic E-state index is 5.86. The number of hydrogen-bond donors (Lipinski definition) is 2. The molecule has 0 spiro atoms. The molecular weight excluding hydrogens is 491 g/mol. The van der Waals surface area contributed by atoms with E-state index in [9.17, 15) is 0 Å². The summed E-state index contributed by atoms with van der Waals surface area (Å²) in [5.41, 5.74) is 4.38. The van der Waals surface area contributed by atoms with E-state index in [1.807, 2.05) is 24.6 Å². The Labute approximate surface area is 198 Å². The Kier molecular flexibility index (Phi) is 12.0. The van der Waals surface area contributed by atoms with E-state index in [-0.39, 0.29) is 30.1 Å². The van der Waals surface area contributed by atoms with E-state index in [4.69, 9.17) is 4.74 Å². The number of halogens is 1. The molecule has 1 atom stereocenters. The lowest BCUT2D eigenvalue weighted by Gasteiger charge is -2.21. The molecule has 0 aliphatic rings. The molecule has 1 aromatic heterocycles. The number of nitrogens with zero attached hydrogens (tertiary/aromatic N) is 4. The van der Waals surface area contributed by atoms with Crippen molar-refractivity contribution in [1.82, 2.24) is 25.3 Å². The third-order valence-electron chi connectivity index (χ3n) is 4.70. The van der Waals surface area contributed by atoms with E-state index in [1.165, 1.54) is 0 Å². The molecule has 30 heavy (non-hydrogen) atoms. The minimum absolute atomic E-state index is 0. The van der Waals surface area contributed by atoms with Crippen LogP contribution in [0.3, 0.4) is 0 Å². The van der Waals surface area contributed by atoms with E-state index in [0.717, 1.165) is 48.1 Å². The van der Waals surface area contributed by atoms with Crippen LogP contribution in [0.4, 0.5) is 0 Å². The summed E-state index contributed by atoms with van der Waals surface area (Å²) in [7, 11) is 5.95. The standard InChI is InChI=1S/C22H36N6O.HI/c1-7-29-20(12-13-27(5)6)16-25-22(23-4)24-15-19-10-8-9-11-21(19)28-18(3)14-17(2)26-28;/h8-11,14,20H,7,12-13,15-16H2,1-6H3,(H2,23,24,25);1H. The maximum absolute atomic E-state index is 5.86. The van der Waals surface area contributed by atoms with Crippen LogP contribution in [0.2, 0.25) is 0 Å². The molecular formula is C22H37IN6O. The van der Waals surface area contributed by atoms with Crippen molar-refractivity contribution >= 4 is 29.9 Å². The molecule has 168 valence electrons. The van der Waals surface area contributed by atoms with Crippen molar-refractivity contribution in [2.75, 3.05) is 40.8 Å². The van der Waals surface area contributed by atoms with Crippen LogP contribution in [-0.4, -0.2) is 67.6 Å². The lowest BCUT2D eigenvalue weighted by Crippen LogP contribution is -2.42. The first-order chi connectivity index (χ1) is 13.9. The van der Waals surface area contributed by atoms with Crippen LogP contribution in [0.15, 0.2) is 35.3 Å². The topological polar surface area (TPSA) is 66.7 Å². The molecule has 1 unspecified atom stereocenters. The number of aromatic nitrogens is 2. The van der Waals surface area contributed by atoms with Crippen molar-refractivity contribution in [1.29, 1.82) is 0 Å². The molecule has 0 amide bonds. The van der Waals surface area contributed by atoms with Crippen LogP contribution < -0.4 is 10.6 Å². The van der Waals surface area contributed by atoms with Gasteiger partial charge in [0, 0.05) is 39.0 Å². The lowest BCUT2D eigenvalue weighted by atomic mass is 10.1. The van der Waals surface area contributed by atoms with E-state index in [2.05, 4.69) is 70.9 Å². The molecule has 7 nitrogen and oxygen atoms in total. The first-order valence-electron chi connectivity index (χ1n) is 10.3. The summed E-state index contributed by atoms with van der Waals surface area (Å²) in [4.78, 5) is 6.54. The van der Waals surface area contributed by atoms with Gasteiger partial charge in [-0.1, -0.05) is 18.2 Å². The normalized spacial score (nSPS) is 12.6. The summed E-state index contributed by atoms with van der Waals surface area (Å²) in [6.45, 7) is 9.21. The highest BCUT2D eigenvalue weighted by Crippen LogP contribution is 2.16.